The summed E-state index contributed by atoms with van der Waals surface area (Å²) in [4.78, 5) is 24.0. The van der Waals surface area contributed by atoms with Gasteiger partial charge in [-0.15, -0.1) is 0 Å². The Morgan fingerprint density at radius 2 is 1.86 bits per heavy atom. The van der Waals surface area contributed by atoms with Crippen LogP contribution in [0.25, 0.3) is 0 Å². The summed E-state index contributed by atoms with van der Waals surface area (Å²) in [6.07, 6.45) is 3.34. The fraction of sp³-hybridized carbons (Fsp3) is 0.714. The predicted octanol–water partition coefficient (Wildman–Crippen LogP) is 2.32. The van der Waals surface area contributed by atoms with Crippen molar-refractivity contribution in [2.24, 2.45) is 0 Å². The number of carboxylic acids is 1. The van der Waals surface area contributed by atoms with Crippen LogP contribution in [0.15, 0.2) is 12.5 Å². The van der Waals surface area contributed by atoms with Gasteiger partial charge in [0.25, 0.3) is 0 Å². The highest BCUT2D eigenvalue weighted by Crippen LogP contribution is 2.25. The molecular formula is C14H23NO6. The first-order chi connectivity index (χ1) is 9.61. The number of ether oxygens (including phenoxy) is 3. The lowest BCUT2D eigenvalue weighted by atomic mass is 10.1. The second kappa shape index (κ2) is 6.69. The smallest absolute Gasteiger partial charge is 0.410 e. The van der Waals surface area contributed by atoms with Gasteiger partial charge in [0.05, 0.1) is 0 Å². The first kappa shape index (κ1) is 17.1. The van der Waals surface area contributed by atoms with E-state index in [4.69, 9.17) is 19.3 Å². The third kappa shape index (κ3) is 6.37. The van der Waals surface area contributed by atoms with Crippen LogP contribution in [0.1, 0.15) is 40.5 Å². The standard InChI is InChI=1S/C14H23NO6/c1-13(2,3)21-12(18)15(10-11(16)17)7-5-6-14(4)19-8-9-20-14/h8-9H,5-7,10H2,1-4H3,(H,16,17). The molecule has 0 aromatic heterocycles. The van der Waals surface area contributed by atoms with Crippen molar-refractivity contribution < 1.29 is 28.9 Å². The average molecular weight is 301 g/mol. The molecule has 21 heavy (non-hydrogen) atoms. The fourth-order valence-electron chi connectivity index (χ4n) is 1.80. The summed E-state index contributed by atoms with van der Waals surface area (Å²) in [6.45, 7) is 6.83. The molecule has 1 aliphatic rings. The number of hydrogen-bond acceptors (Lipinski definition) is 5. The molecule has 1 amide bonds. The van der Waals surface area contributed by atoms with E-state index in [0.717, 1.165) is 0 Å². The molecule has 0 aromatic rings. The minimum absolute atomic E-state index is 0.253. The molecule has 0 atom stereocenters. The van der Waals surface area contributed by atoms with Crippen LogP contribution in [0.3, 0.4) is 0 Å². The van der Waals surface area contributed by atoms with Crippen LogP contribution < -0.4 is 0 Å². The predicted molar refractivity (Wildman–Crippen MR) is 74.4 cm³/mol. The number of aliphatic carboxylic acids is 1. The Balaban J connectivity index is 2.49. The Labute approximate surface area is 124 Å². The molecule has 1 N–H and O–H groups in total. The number of carboxylic acid groups (broad SMARTS) is 1. The summed E-state index contributed by atoms with van der Waals surface area (Å²) < 4.78 is 15.8. The van der Waals surface area contributed by atoms with Gasteiger partial charge in [-0.3, -0.25) is 9.69 Å². The van der Waals surface area contributed by atoms with Gasteiger partial charge in [0.1, 0.15) is 24.7 Å². The van der Waals surface area contributed by atoms with E-state index in [1.807, 2.05) is 0 Å². The molecular weight excluding hydrogens is 278 g/mol. The average Bonchev–Trinajstić information content (AvgIpc) is 2.72. The van der Waals surface area contributed by atoms with Crippen molar-refractivity contribution in [2.45, 2.75) is 51.9 Å². The highest BCUT2D eigenvalue weighted by molar-refractivity contribution is 5.76. The number of amides is 1. The summed E-state index contributed by atoms with van der Waals surface area (Å²) in [5, 5.41) is 8.88. The maximum Gasteiger partial charge on any atom is 0.410 e. The Bertz CT molecular complexity index is 404. The van der Waals surface area contributed by atoms with Crippen LogP contribution >= 0.6 is 0 Å². The number of nitrogens with zero attached hydrogens (tertiary/aromatic N) is 1. The van der Waals surface area contributed by atoms with Crippen LogP contribution in [0, 0.1) is 0 Å². The van der Waals surface area contributed by atoms with Crippen LogP contribution in [-0.4, -0.2) is 46.5 Å². The maximum absolute atomic E-state index is 12.0. The zero-order valence-electron chi connectivity index (χ0n) is 12.9. The van der Waals surface area contributed by atoms with E-state index < -0.39 is 30.0 Å². The Morgan fingerprint density at radius 1 is 1.29 bits per heavy atom. The van der Waals surface area contributed by atoms with Crippen molar-refractivity contribution in [3.63, 3.8) is 0 Å². The van der Waals surface area contributed by atoms with E-state index in [-0.39, 0.29) is 6.54 Å². The Hall–Kier alpha value is -1.92. The number of carbonyl (C=O) groups is 2. The van der Waals surface area contributed by atoms with Gasteiger partial charge in [-0.25, -0.2) is 4.79 Å². The van der Waals surface area contributed by atoms with Gasteiger partial charge in [-0.1, -0.05) is 0 Å². The molecule has 7 nitrogen and oxygen atoms in total. The van der Waals surface area contributed by atoms with Crippen molar-refractivity contribution in [3.8, 4) is 0 Å². The van der Waals surface area contributed by atoms with Gasteiger partial charge in [0.2, 0.25) is 5.79 Å². The second-order valence-electron chi connectivity index (χ2n) is 6.04. The van der Waals surface area contributed by atoms with Crippen LogP contribution in [0.2, 0.25) is 0 Å². The Kier molecular flexibility index (Phi) is 5.46. The summed E-state index contributed by atoms with van der Waals surface area (Å²) >= 11 is 0. The number of hydrogen-bond donors (Lipinski definition) is 1. The first-order valence-electron chi connectivity index (χ1n) is 6.82. The molecule has 0 spiro atoms. The lowest BCUT2D eigenvalue weighted by Gasteiger charge is -2.28. The van der Waals surface area contributed by atoms with Crippen molar-refractivity contribution in [1.82, 2.24) is 4.90 Å². The molecule has 0 bridgehead atoms. The Morgan fingerprint density at radius 3 is 2.33 bits per heavy atom. The number of carbonyl (C=O) groups excluding carboxylic acids is 1. The van der Waals surface area contributed by atoms with Crippen molar-refractivity contribution in [3.05, 3.63) is 12.5 Å². The molecule has 1 heterocycles. The van der Waals surface area contributed by atoms with E-state index >= 15 is 0 Å². The molecule has 0 radical (unpaired) electrons. The van der Waals surface area contributed by atoms with Gasteiger partial charge in [-0.05, 0) is 27.2 Å². The van der Waals surface area contributed by atoms with Gasteiger partial charge in [0.15, 0.2) is 0 Å². The molecule has 120 valence electrons. The highest BCUT2D eigenvalue weighted by atomic mass is 16.7. The van der Waals surface area contributed by atoms with Crippen molar-refractivity contribution >= 4 is 12.1 Å². The summed E-state index contributed by atoms with van der Waals surface area (Å²) in [6, 6.07) is 0. The quantitative estimate of drug-likeness (QED) is 0.810. The third-order valence-corrected chi connectivity index (χ3v) is 2.73. The van der Waals surface area contributed by atoms with Crippen LogP contribution in [-0.2, 0) is 19.0 Å². The van der Waals surface area contributed by atoms with E-state index in [1.165, 1.54) is 17.4 Å². The van der Waals surface area contributed by atoms with Crippen molar-refractivity contribution in [2.75, 3.05) is 13.1 Å². The SMILES string of the molecule is CC(C)(C)OC(=O)N(CCCC1(C)OC=CO1)CC(=O)O. The minimum atomic E-state index is -1.08. The molecule has 0 aromatic carbocycles. The second-order valence-corrected chi connectivity index (χ2v) is 6.04. The summed E-state index contributed by atoms with van der Waals surface area (Å²) in [5.41, 5.74) is -0.665. The van der Waals surface area contributed by atoms with E-state index in [9.17, 15) is 9.59 Å². The molecule has 0 saturated heterocycles. The molecule has 0 aliphatic carbocycles. The number of rotatable bonds is 6. The molecule has 0 fully saturated rings. The fourth-order valence-corrected chi connectivity index (χ4v) is 1.80. The normalized spacial score (nSPS) is 16.0. The topological polar surface area (TPSA) is 85.3 Å². The lowest BCUT2D eigenvalue weighted by Crippen LogP contribution is -2.41. The lowest BCUT2D eigenvalue weighted by molar-refractivity contribution is -0.138. The molecule has 0 unspecified atom stereocenters. The van der Waals surface area contributed by atoms with Crippen LogP contribution in [0.5, 0.6) is 0 Å². The highest BCUT2D eigenvalue weighted by Gasteiger charge is 2.30. The van der Waals surface area contributed by atoms with Crippen molar-refractivity contribution in [1.29, 1.82) is 0 Å². The molecule has 7 heteroatoms. The molecule has 1 rings (SSSR count). The van der Waals surface area contributed by atoms with Gasteiger partial charge in [0, 0.05) is 19.9 Å². The van der Waals surface area contributed by atoms with Gasteiger partial charge in [-0.2, -0.15) is 0 Å². The van der Waals surface area contributed by atoms with Crippen LogP contribution in [0.4, 0.5) is 4.79 Å². The largest absolute Gasteiger partial charge is 0.480 e. The van der Waals surface area contributed by atoms with Gasteiger partial charge < -0.3 is 19.3 Å². The maximum atomic E-state index is 12.0. The minimum Gasteiger partial charge on any atom is -0.480 e. The van der Waals surface area contributed by atoms with E-state index in [0.29, 0.717) is 12.8 Å². The monoisotopic (exact) mass is 301 g/mol. The zero-order chi connectivity index (χ0) is 16.1. The summed E-state index contributed by atoms with van der Waals surface area (Å²) in [7, 11) is 0. The molecule has 1 aliphatic heterocycles. The first-order valence-corrected chi connectivity index (χ1v) is 6.82. The van der Waals surface area contributed by atoms with Gasteiger partial charge >= 0.3 is 12.1 Å². The third-order valence-electron chi connectivity index (χ3n) is 2.73. The van der Waals surface area contributed by atoms with E-state index in [1.54, 1.807) is 27.7 Å². The van der Waals surface area contributed by atoms with E-state index in [2.05, 4.69) is 0 Å². The zero-order valence-corrected chi connectivity index (χ0v) is 12.9. The summed E-state index contributed by atoms with van der Waals surface area (Å²) in [5.74, 6) is -1.83. The molecule has 0 saturated carbocycles.